The highest BCUT2D eigenvalue weighted by Crippen LogP contribution is 2.22. The van der Waals surface area contributed by atoms with E-state index in [4.69, 9.17) is 0 Å². The number of pyridine rings is 1. The molecule has 150 valence electrons. The summed E-state index contributed by atoms with van der Waals surface area (Å²) in [4.78, 5) is 13.0. The number of hydrogen-bond donors (Lipinski definition) is 1. The molecule has 0 radical (unpaired) electrons. The van der Waals surface area contributed by atoms with Crippen LogP contribution < -0.4 is 4.72 Å². The Morgan fingerprint density at radius 1 is 0.966 bits per heavy atom. The second-order valence-corrected chi connectivity index (χ2v) is 8.57. The monoisotopic (exact) mass is 412 g/mol. The standard InChI is InChI=1S/C18H20N8O2S/c1-10-6-11(2)21-18(20-10)26-12(3)7-16(23-26)24-29(27,28)14-8-15-13(4)22-25(5)17(15)19-9-14/h6-9H,1-5H3,(H,23,24). The highest BCUT2D eigenvalue weighted by atomic mass is 32.2. The average molecular weight is 412 g/mol. The van der Waals surface area contributed by atoms with Gasteiger partial charge in [-0.3, -0.25) is 9.40 Å². The number of rotatable bonds is 4. The lowest BCUT2D eigenvalue weighted by Gasteiger charge is -2.06. The number of anilines is 1. The number of nitrogens with zero attached hydrogens (tertiary/aromatic N) is 7. The molecule has 0 spiro atoms. The Labute approximate surface area is 167 Å². The molecule has 4 rings (SSSR count). The number of fused-ring (bicyclic) bond motifs is 1. The predicted molar refractivity (Wildman–Crippen MR) is 107 cm³/mol. The molecule has 0 aliphatic heterocycles. The summed E-state index contributed by atoms with van der Waals surface area (Å²) in [6, 6.07) is 5.04. The maximum absolute atomic E-state index is 12.9. The molecule has 4 aromatic heterocycles. The normalized spacial score (nSPS) is 11.9. The van der Waals surface area contributed by atoms with E-state index in [-0.39, 0.29) is 10.7 Å². The topological polar surface area (TPSA) is 120 Å². The molecule has 0 saturated heterocycles. The molecule has 0 aromatic carbocycles. The summed E-state index contributed by atoms with van der Waals surface area (Å²) in [6.45, 7) is 7.34. The van der Waals surface area contributed by atoms with Gasteiger partial charge in [-0.05, 0) is 39.8 Å². The van der Waals surface area contributed by atoms with E-state index in [9.17, 15) is 8.42 Å². The maximum Gasteiger partial charge on any atom is 0.264 e. The lowest BCUT2D eigenvalue weighted by molar-refractivity contribution is 0.600. The molecule has 0 bridgehead atoms. The fourth-order valence-electron chi connectivity index (χ4n) is 3.16. The minimum Gasteiger partial charge on any atom is -0.262 e. The molecular weight excluding hydrogens is 392 g/mol. The third kappa shape index (κ3) is 3.44. The molecular formula is C18H20N8O2S. The number of sulfonamides is 1. The van der Waals surface area contributed by atoms with Crippen LogP contribution in [0.1, 0.15) is 22.8 Å². The van der Waals surface area contributed by atoms with E-state index in [1.165, 1.54) is 10.9 Å². The molecule has 1 N–H and O–H groups in total. The van der Waals surface area contributed by atoms with Crippen molar-refractivity contribution in [3.63, 3.8) is 0 Å². The highest BCUT2D eigenvalue weighted by molar-refractivity contribution is 7.92. The van der Waals surface area contributed by atoms with Crippen LogP contribution in [-0.2, 0) is 17.1 Å². The lowest BCUT2D eigenvalue weighted by atomic mass is 10.3. The number of nitrogens with one attached hydrogen (secondary N) is 1. The van der Waals surface area contributed by atoms with Gasteiger partial charge in [-0.25, -0.2) is 28.1 Å². The highest BCUT2D eigenvalue weighted by Gasteiger charge is 2.20. The van der Waals surface area contributed by atoms with Gasteiger partial charge in [-0.2, -0.15) is 5.10 Å². The van der Waals surface area contributed by atoms with Crippen LogP contribution >= 0.6 is 0 Å². The zero-order chi connectivity index (χ0) is 20.9. The summed E-state index contributed by atoms with van der Waals surface area (Å²) in [5.41, 5.74) is 3.63. The third-order valence-electron chi connectivity index (χ3n) is 4.43. The number of aryl methyl sites for hydroxylation is 5. The van der Waals surface area contributed by atoms with Crippen molar-refractivity contribution in [1.82, 2.24) is 34.5 Å². The van der Waals surface area contributed by atoms with Crippen LogP contribution in [0.5, 0.6) is 0 Å². The molecule has 0 unspecified atom stereocenters. The predicted octanol–water partition coefficient (Wildman–Crippen LogP) is 1.98. The van der Waals surface area contributed by atoms with E-state index < -0.39 is 10.0 Å². The van der Waals surface area contributed by atoms with E-state index in [1.807, 2.05) is 26.8 Å². The van der Waals surface area contributed by atoms with Crippen molar-refractivity contribution < 1.29 is 8.42 Å². The Kier molecular flexibility index (Phi) is 4.34. The fourth-order valence-corrected chi connectivity index (χ4v) is 4.12. The lowest BCUT2D eigenvalue weighted by Crippen LogP contribution is -2.14. The Balaban J connectivity index is 1.69. The van der Waals surface area contributed by atoms with Gasteiger partial charge in [0.2, 0.25) is 0 Å². The second kappa shape index (κ2) is 6.62. The molecule has 0 aliphatic carbocycles. The average Bonchev–Trinajstić information content (AvgIpc) is 3.13. The summed E-state index contributed by atoms with van der Waals surface area (Å²) in [5, 5.41) is 9.27. The van der Waals surface area contributed by atoms with Crippen LogP contribution in [0.3, 0.4) is 0 Å². The Hall–Kier alpha value is -3.34. The number of aromatic nitrogens is 7. The summed E-state index contributed by atoms with van der Waals surface area (Å²) >= 11 is 0. The summed E-state index contributed by atoms with van der Waals surface area (Å²) in [6.07, 6.45) is 1.31. The van der Waals surface area contributed by atoms with Gasteiger partial charge >= 0.3 is 0 Å². The van der Waals surface area contributed by atoms with Gasteiger partial charge in [-0.15, -0.1) is 5.10 Å². The van der Waals surface area contributed by atoms with Crippen molar-refractivity contribution in [2.24, 2.45) is 7.05 Å². The fraction of sp³-hybridized carbons (Fsp3) is 0.278. The van der Waals surface area contributed by atoms with Gasteiger partial charge in [0.15, 0.2) is 11.5 Å². The summed E-state index contributed by atoms with van der Waals surface area (Å²) in [5.74, 6) is 0.563. The molecule has 0 aliphatic rings. The Bertz CT molecular complexity index is 1330. The molecule has 0 fully saturated rings. The first kappa shape index (κ1) is 19.0. The molecule has 4 aromatic rings. The van der Waals surface area contributed by atoms with E-state index in [2.05, 4.69) is 29.9 Å². The molecule has 10 nitrogen and oxygen atoms in total. The molecule has 0 atom stereocenters. The second-order valence-electron chi connectivity index (χ2n) is 6.89. The van der Waals surface area contributed by atoms with Crippen molar-refractivity contribution in [2.45, 2.75) is 32.6 Å². The van der Waals surface area contributed by atoms with Crippen LogP contribution in [0.25, 0.3) is 17.0 Å². The van der Waals surface area contributed by atoms with Gasteiger partial charge in [0.05, 0.1) is 5.69 Å². The van der Waals surface area contributed by atoms with Crippen molar-refractivity contribution >= 4 is 26.9 Å². The molecule has 0 saturated carbocycles. The van der Waals surface area contributed by atoms with Gasteiger partial charge in [-0.1, -0.05) is 0 Å². The molecule has 29 heavy (non-hydrogen) atoms. The van der Waals surface area contributed by atoms with Gasteiger partial charge in [0.25, 0.3) is 16.0 Å². The van der Waals surface area contributed by atoms with Crippen molar-refractivity contribution in [3.05, 3.63) is 47.2 Å². The van der Waals surface area contributed by atoms with E-state index in [0.29, 0.717) is 28.4 Å². The van der Waals surface area contributed by atoms with Gasteiger partial charge in [0.1, 0.15) is 4.90 Å². The first-order chi connectivity index (χ1) is 13.6. The summed E-state index contributed by atoms with van der Waals surface area (Å²) in [7, 11) is -2.12. The van der Waals surface area contributed by atoms with Crippen LogP contribution in [0, 0.1) is 27.7 Å². The SMILES string of the molecule is Cc1cc(C)nc(-n2nc(NS(=O)(=O)c3cnc4c(c3)c(C)nn4C)cc2C)n1. The van der Waals surface area contributed by atoms with E-state index >= 15 is 0 Å². The van der Waals surface area contributed by atoms with Crippen LogP contribution in [0.2, 0.25) is 0 Å². The van der Waals surface area contributed by atoms with Crippen molar-refractivity contribution in [3.8, 4) is 5.95 Å². The molecule has 11 heteroatoms. The van der Waals surface area contributed by atoms with Gasteiger partial charge < -0.3 is 0 Å². The third-order valence-corrected chi connectivity index (χ3v) is 5.76. The van der Waals surface area contributed by atoms with Crippen LogP contribution in [0.15, 0.2) is 29.3 Å². The zero-order valence-electron chi connectivity index (χ0n) is 16.7. The smallest absolute Gasteiger partial charge is 0.262 e. The number of hydrogen-bond acceptors (Lipinski definition) is 7. The zero-order valence-corrected chi connectivity index (χ0v) is 17.5. The molecule has 4 heterocycles. The van der Waals surface area contributed by atoms with Crippen LogP contribution in [-0.4, -0.2) is 42.9 Å². The minimum absolute atomic E-state index is 0.0379. The van der Waals surface area contributed by atoms with Crippen molar-refractivity contribution in [1.29, 1.82) is 0 Å². The minimum atomic E-state index is -3.88. The summed E-state index contributed by atoms with van der Waals surface area (Å²) < 4.78 is 31.4. The largest absolute Gasteiger partial charge is 0.264 e. The van der Waals surface area contributed by atoms with Gasteiger partial charge in [0, 0.05) is 41.8 Å². The molecule has 0 amide bonds. The van der Waals surface area contributed by atoms with Crippen LogP contribution in [0.4, 0.5) is 5.82 Å². The Morgan fingerprint density at radius 3 is 2.34 bits per heavy atom. The Morgan fingerprint density at radius 2 is 1.66 bits per heavy atom. The van der Waals surface area contributed by atoms with Crippen molar-refractivity contribution in [2.75, 3.05) is 4.72 Å². The first-order valence-corrected chi connectivity index (χ1v) is 10.3. The first-order valence-electron chi connectivity index (χ1n) is 8.85. The van der Waals surface area contributed by atoms with E-state index in [1.54, 1.807) is 30.8 Å². The van der Waals surface area contributed by atoms with E-state index in [0.717, 1.165) is 11.4 Å². The quantitative estimate of drug-likeness (QED) is 0.544. The maximum atomic E-state index is 12.9.